The highest BCUT2D eigenvalue weighted by molar-refractivity contribution is 6.01. The molecule has 0 unspecified atom stereocenters. The van der Waals surface area contributed by atoms with Gasteiger partial charge in [-0.15, -0.1) is 0 Å². The van der Waals surface area contributed by atoms with Gasteiger partial charge in [-0.05, 0) is 22.8 Å². The number of hydrogen-bond acceptors (Lipinski definition) is 3. The highest BCUT2D eigenvalue weighted by atomic mass is 16.1. The van der Waals surface area contributed by atoms with Crippen LogP contribution in [-0.4, -0.2) is 17.5 Å². The maximum absolute atomic E-state index is 12.3. The van der Waals surface area contributed by atoms with Crippen molar-refractivity contribution in [3.63, 3.8) is 0 Å². The number of benzene rings is 2. The van der Waals surface area contributed by atoms with Gasteiger partial charge in [0, 0.05) is 25.9 Å². The van der Waals surface area contributed by atoms with Crippen LogP contribution in [0.15, 0.2) is 54.7 Å². The smallest absolute Gasteiger partial charge is 0.268 e. The lowest BCUT2D eigenvalue weighted by Crippen LogP contribution is -2.21. The zero-order chi connectivity index (χ0) is 20.7. The molecule has 3 rings (SSSR count). The molecule has 0 atom stereocenters. The monoisotopic (exact) mass is 370 g/mol. The third kappa shape index (κ3) is 3.79. The molecular formula is C23H22N4O. The number of aromatic nitrogens is 1. The summed E-state index contributed by atoms with van der Waals surface area (Å²) in [5.41, 5.74) is 4.62. The molecule has 5 heteroatoms. The predicted molar refractivity (Wildman–Crippen MR) is 110 cm³/mol. The van der Waals surface area contributed by atoms with Crippen molar-refractivity contribution in [2.24, 2.45) is 7.05 Å². The van der Waals surface area contributed by atoms with Crippen LogP contribution in [0.5, 0.6) is 0 Å². The summed E-state index contributed by atoms with van der Waals surface area (Å²) in [7, 11) is 3.31. The van der Waals surface area contributed by atoms with Gasteiger partial charge in [0.1, 0.15) is 11.8 Å². The first-order valence-corrected chi connectivity index (χ1v) is 9.02. The van der Waals surface area contributed by atoms with Gasteiger partial charge < -0.3 is 9.88 Å². The first-order chi connectivity index (χ1) is 13.6. The molecule has 0 aliphatic rings. The Bertz CT molecular complexity index is 1060. The summed E-state index contributed by atoms with van der Waals surface area (Å²) in [5.74, 6) is -0.247. The van der Waals surface area contributed by atoms with Crippen LogP contribution in [-0.2, 0) is 7.05 Å². The number of nitrogens with zero attached hydrogens (tertiary/aromatic N) is 3. The van der Waals surface area contributed by atoms with Gasteiger partial charge in [-0.25, -0.2) is 0 Å². The minimum absolute atomic E-state index is 0.247. The molecule has 1 N–H and O–H groups in total. The molecule has 0 aliphatic carbocycles. The minimum atomic E-state index is -0.247. The van der Waals surface area contributed by atoms with Gasteiger partial charge in [-0.2, -0.15) is 10.5 Å². The van der Waals surface area contributed by atoms with Crippen molar-refractivity contribution in [2.45, 2.75) is 13.8 Å². The van der Waals surface area contributed by atoms with Gasteiger partial charge in [0.15, 0.2) is 0 Å². The first kappa shape index (κ1) is 20.5. The lowest BCUT2D eigenvalue weighted by atomic mass is 9.96. The van der Waals surface area contributed by atoms with Crippen molar-refractivity contribution in [2.75, 3.05) is 7.05 Å². The van der Waals surface area contributed by atoms with Crippen LogP contribution in [0.2, 0.25) is 0 Å². The minimum Gasteiger partial charge on any atom is -0.354 e. The Hall–Kier alpha value is -3.83. The van der Waals surface area contributed by atoms with E-state index in [0.717, 1.165) is 16.7 Å². The van der Waals surface area contributed by atoms with Crippen molar-refractivity contribution in [1.82, 2.24) is 9.88 Å². The summed E-state index contributed by atoms with van der Waals surface area (Å²) in [4.78, 5) is 12.3. The van der Waals surface area contributed by atoms with Gasteiger partial charge in [0.25, 0.3) is 5.91 Å². The van der Waals surface area contributed by atoms with E-state index in [9.17, 15) is 15.3 Å². The highest BCUT2D eigenvalue weighted by Crippen LogP contribution is 2.31. The Morgan fingerprint density at radius 3 is 2.07 bits per heavy atom. The molecule has 0 spiro atoms. The van der Waals surface area contributed by atoms with Gasteiger partial charge in [0.2, 0.25) is 0 Å². The van der Waals surface area contributed by atoms with Crippen molar-refractivity contribution >= 4 is 5.91 Å². The number of nitrogens with one attached hydrogen (secondary N) is 1. The average molecular weight is 370 g/mol. The summed E-state index contributed by atoms with van der Waals surface area (Å²) in [6, 6.07) is 19.3. The maximum Gasteiger partial charge on any atom is 0.268 e. The molecule has 0 saturated heterocycles. The van der Waals surface area contributed by atoms with Crippen molar-refractivity contribution < 1.29 is 4.79 Å². The molecule has 1 heterocycles. The van der Waals surface area contributed by atoms with Crippen LogP contribution >= 0.6 is 0 Å². The Kier molecular flexibility index (Phi) is 6.73. The van der Waals surface area contributed by atoms with Gasteiger partial charge in [0.05, 0.1) is 17.2 Å². The fourth-order valence-electron chi connectivity index (χ4n) is 3.04. The van der Waals surface area contributed by atoms with Crippen LogP contribution < -0.4 is 5.32 Å². The van der Waals surface area contributed by atoms with E-state index < -0.39 is 0 Å². The number of hydrogen-bond donors (Lipinski definition) is 1. The molecule has 0 radical (unpaired) electrons. The van der Waals surface area contributed by atoms with E-state index in [-0.39, 0.29) is 5.91 Å². The Morgan fingerprint density at radius 1 is 0.929 bits per heavy atom. The standard InChI is InChI=1S/C21H16N4O.C2H6/c1-24-21(26)20-19(17(12-23)13-25(20)2)15-9-7-14(8-10-15)18-6-4-3-5-16(18)11-22;1-2/h3-10,13H,1-2H3,(H,24,26);1-2H3. The van der Waals surface area contributed by atoms with Crippen molar-refractivity contribution in [3.8, 4) is 34.4 Å². The zero-order valence-corrected chi connectivity index (χ0v) is 16.4. The second-order valence-corrected chi connectivity index (χ2v) is 5.80. The lowest BCUT2D eigenvalue weighted by Gasteiger charge is -2.09. The summed E-state index contributed by atoms with van der Waals surface area (Å²) in [6.07, 6.45) is 1.65. The Labute approximate surface area is 165 Å². The molecule has 140 valence electrons. The van der Waals surface area contributed by atoms with Crippen LogP contribution in [0.25, 0.3) is 22.3 Å². The molecule has 3 aromatic rings. The van der Waals surface area contributed by atoms with Crippen molar-refractivity contribution in [3.05, 3.63) is 71.5 Å². The predicted octanol–water partition coefficient (Wildman–Crippen LogP) is 4.49. The number of rotatable bonds is 3. The Balaban J connectivity index is 0.00000136. The van der Waals surface area contributed by atoms with E-state index in [2.05, 4.69) is 17.5 Å². The average Bonchev–Trinajstić information content (AvgIpc) is 3.10. The van der Waals surface area contributed by atoms with Gasteiger partial charge in [-0.1, -0.05) is 56.3 Å². The third-order valence-corrected chi connectivity index (χ3v) is 4.28. The molecule has 5 nitrogen and oxygen atoms in total. The lowest BCUT2D eigenvalue weighted by molar-refractivity contribution is 0.0956. The normalized spacial score (nSPS) is 9.50. The molecule has 0 aliphatic heterocycles. The summed E-state index contributed by atoms with van der Waals surface area (Å²) in [5, 5.41) is 21.3. The van der Waals surface area contributed by atoms with E-state index in [0.29, 0.717) is 22.4 Å². The molecule has 1 amide bonds. The van der Waals surface area contributed by atoms with E-state index >= 15 is 0 Å². The summed E-state index contributed by atoms with van der Waals surface area (Å²) >= 11 is 0. The van der Waals surface area contributed by atoms with Gasteiger partial charge in [-0.3, -0.25) is 4.79 Å². The molecule has 2 aromatic carbocycles. The fourth-order valence-corrected chi connectivity index (χ4v) is 3.04. The fraction of sp³-hybridized carbons (Fsp3) is 0.174. The van der Waals surface area contributed by atoms with E-state index in [4.69, 9.17) is 0 Å². The number of nitriles is 2. The van der Waals surface area contributed by atoms with Crippen molar-refractivity contribution in [1.29, 1.82) is 10.5 Å². The van der Waals surface area contributed by atoms with Crippen LogP contribution in [0, 0.1) is 22.7 Å². The summed E-state index contributed by atoms with van der Waals surface area (Å²) in [6.45, 7) is 4.00. The van der Waals surface area contributed by atoms with Crippen LogP contribution in [0.3, 0.4) is 0 Å². The quantitative estimate of drug-likeness (QED) is 0.737. The van der Waals surface area contributed by atoms with Crippen LogP contribution in [0.1, 0.15) is 35.5 Å². The molecule has 1 aromatic heterocycles. The molecule has 0 saturated carbocycles. The topological polar surface area (TPSA) is 81.6 Å². The second kappa shape index (κ2) is 9.21. The molecule has 0 fully saturated rings. The van der Waals surface area contributed by atoms with Crippen LogP contribution in [0.4, 0.5) is 0 Å². The number of amides is 1. The van der Waals surface area contributed by atoms with Gasteiger partial charge >= 0.3 is 0 Å². The number of aryl methyl sites for hydroxylation is 1. The zero-order valence-electron chi connectivity index (χ0n) is 16.4. The third-order valence-electron chi connectivity index (χ3n) is 4.28. The molecule has 28 heavy (non-hydrogen) atoms. The molecule has 0 bridgehead atoms. The second-order valence-electron chi connectivity index (χ2n) is 5.80. The number of carbonyl (C=O) groups excluding carboxylic acids is 1. The largest absolute Gasteiger partial charge is 0.354 e. The summed E-state index contributed by atoms with van der Waals surface area (Å²) < 4.78 is 1.66. The highest BCUT2D eigenvalue weighted by Gasteiger charge is 2.21. The number of carbonyl (C=O) groups is 1. The van der Waals surface area contributed by atoms with E-state index in [1.165, 1.54) is 0 Å². The maximum atomic E-state index is 12.3. The first-order valence-electron chi connectivity index (χ1n) is 9.02. The van der Waals surface area contributed by atoms with E-state index in [1.54, 1.807) is 30.9 Å². The van der Waals surface area contributed by atoms with E-state index in [1.807, 2.05) is 56.3 Å². The Morgan fingerprint density at radius 2 is 1.50 bits per heavy atom. The molecular weight excluding hydrogens is 348 g/mol. The SMILES string of the molecule is CC.CNC(=O)c1c(-c2ccc(-c3ccccc3C#N)cc2)c(C#N)cn1C.